The average molecular weight is 319 g/mol. The van der Waals surface area contributed by atoms with Gasteiger partial charge in [0.15, 0.2) is 0 Å². The zero-order valence-electron chi connectivity index (χ0n) is 11.4. The van der Waals surface area contributed by atoms with Gasteiger partial charge >= 0.3 is 0 Å². The molecule has 0 radical (unpaired) electrons. The number of aryl methyl sites for hydroxylation is 1. The van der Waals surface area contributed by atoms with Crippen LogP contribution in [0.1, 0.15) is 12.0 Å². The molecule has 1 amide bonds. The Morgan fingerprint density at radius 3 is 2.80 bits per heavy atom. The van der Waals surface area contributed by atoms with Crippen LogP contribution in [0.25, 0.3) is 0 Å². The molecule has 112 valence electrons. The third-order valence-electron chi connectivity index (χ3n) is 3.31. The van der Waals surface area contributed by atoms with Crippen molar-refractivity contribution < 1.29 is 9.53 Å². The topological polar surface area (TPSA) is 50.4 Å². The summed E-state index contributed by atoms with van der Waals surface area (Å²) in [5.41, 5.74) is 1.05. The predicted molar refractivity (Wildman–Crippen MR) is 82.9 cm³/mol. The van der Waals surface area contributed by atoms with Crippen LogP contribution in [-0.4, -0.2) is 32.7 Å². The smallest absolute Gasteiger partial charge is 0.220 e. The van der Waals surface area contributed by atoms with Crippen molar-refractivity contribution in [3.8, 4) is 5.75 Å². The van der Waals surface area contributed by atoms with E-state index in [1.165, 1.54) is 0 Å². The highest BCUT2D eigenvalue weighted by atomic mass is 35.5. The van der Waals surface area contributed by atoms with Crippen molar-refractivity contribution in [3.05, 3.63) is 28.8 Å². The maximum atomic E-state index is 11.7. The molecule has 0 bridgehead atoms. The van der Waals surface area contributed by atoms with E-state index in [-0.39, 0.29) is 18.3 Å². The van der Waals surface area contributed by atoms with Gasteiger partial charge in [-0.15, -0.1) is 12.4 Å². The normalized spacial score (nSPS) is 14.1. The van der Waals surface area contributed by atoms with Gasteiger partial charge in [0, 0.05) is 32.0 Å². The predicted octanol–water partition coefficient (Wildman–Crippen LogP) is 2.04. The molecule has 2 N–H and O–H groups in total. The average Bonchev–Trinajstić information content (AvgIpc) is 2.34. The quantitative estimate of drug-likeness (QED) is 0.844. The Morgan fingerprint density at radius 1 is 1.50 bits per heavy atom. The molecule has 1 aromatic rings. The fraction of sp³-hybridized carbons (Fsp3) is 0.500. The zero-order valence-corrected chi connectivity index (χ0v) is 13.0. The largest absolute Gasteiger partial charge is 0.495 e. The van der Waals surface area contributed by atoms with Crippen molar-refractivity contribution in [3.63, 3.8) is 0 Å². The van der Waals surface area contributed by atoms with Gasteiger partial charge in [-0.3, -0.25) is 4.79 Å². The number of rotatable bonds is 6. The molecule has 1 fully saturated rings. The van der Waals surface area contributed by atoms with Gasteiger partial charge in [0.05, 0.1) is 12.1 Å². The minimum absolute atomic E-state index is 0. The Hall–Kier alpha value is -0.970. The van der Waals surface area contributed by atoms with Crippen molar-refractivity contribution >= 4 is 29.9 Å². The Morgan fingerprint density at radius 2 is 2.25 bits per heavy atom. The lowest BCUT2D eigenvalue weighted by atomic mass is 10.0. The maximum Gasteiger partial charge on any atom is 0.220 e. The summed E-state index contributed by atoms with van der Waals surface area (Å²) in [5.74, 6) is 1.35. The Labute approximate surface area is 130 Å². The summed E-state index contributed by atoms with van der Waals surface area (Å²) in [6, 6.07) is 5.62. The molecule has 4 nitrogen and oxygen atoms in total. The van der Waals surface area contributed by atoms with Gasteiger partial charge in [-0.25, -0.2) is 0 Å². The highest BCUT2D eigenvalue weighted by molar-refractivity contribution is 6.32. The van der Waals surface area contributed by atoms with Crippen LogP contribution < -0.4 is 15.4 Å². The summed E-state index contributed by atoms with van der Waals surface area (Å²) in [6.45, 7) is 2.79. The number of carbonyl (C=O) groups excluding carboxylic acids is 1. The summed E-state index contributed by atoms with van der Waals surface area (Å²) in [7, 11) is 1.59. The highest BCUT2D eigenvalue weighted by Gasteiger charge is 2.16. The lowest BCUT2D eigenvalue weighted by molar-refractivity contribution is -0.121. The number of nitrogens with one attached hydrogen (secondary N) is 2. The van der Waals surface area contributed by atoms with Crippen LogP contribution in [0.5, 0.6) is 5.75 Å². The number of ether oxygens (including phenoxy) is 1. The molecule has 0 unspecified atom stereocenters. The molecule has 0 aliphatic carbocycles. The Bertz CT molecular complexity index is 451. The first-order chi connectivity index (χ1) is 9.19. The molecular weight excluding hydrogens is 299 g/mol. The third kappa shape index (κ3) is 4.85. The molecule has 20 heavy (non-hydrogen) atoms. The molecule has 0 atom stereocenters. The maximum absolute atomic E-state index is 11.7. The lowest BCUT2D eigenvalue weighted by Crippen LogP contribution is -2.48. The number of benzene rings is 1. The van der Waals surface area contributed by atoms with Gasteiger partial charge in [0.1, 0.15) is 5.75 Å². The summed E-state index contributed by atoms with van der Waals surface area (Å²) in [4.78, 5) is 11.7. The minimum Gasteiger partial charge on any atom is -0.495 e. The summed E-state index contributed by atoms with van der Waals surface area (Å²) < 4.78 is 5.09. The monoisotopic (exact) mass is 318 g/mol. The third-order valence-corrected chi connectivity index (χ3v) is 3.61. The number of halogens is 2. The number of carbonyl (C=O) groups is 1. The molecule has 6 heteroatoms. The van der Waals surface area contributed by atoms with Gasteiger partial charge < -0.3 is 15.4 Å². The number of hydrogen-bond acceptors (Lipinski definition) is 3. The molecule has 0 aromatic heterocycles. The van der Waals surface area contributed by atoms with E-state index in [2.05, 4.69) is 10.6 Å². The fourth-order valence-corrected chi connectivity index (χ4v) is 2.24. The summed E-state index contributed by atoms with van der Waals surface area (Å²) >= 11 is 6.04. The zero-order chi connectivity index (χ0) is 13.7. The molecule has 1 aliphatic rings. The van der Waals surface area contributed by atoms with E-state index in [1.807, 2.05) is 18.2 Å². The highest BCUT2D eigenvalue weighted by Crippen LogP contribution is 2.25. The SMILES string of the molecule is COc1ccc(CCC(=O)NCC2CNC2)cc1Cl.Cl. The number of amides is 1. The van der Waals surface area contributed by atoms with Crippen molar-refractivity contribution in [2.75, 3.05) is 26.7 Å². The molecule has 0 saturated carbocycles. The van der Waals surface area contributed by atoms with Crippen LogP contribution in [0.3, 0.4) is 0 Å². The second-order valence-electron chi connectivity index (χ2n) is 4.80. The fourth-order valence-electron chi connectivity index (χ4n) is 1.96. The van der Waals surface area contributed by atoms with Crippen LogP contribution in [0.2, 0.25) is 5.02 Å². The molecule has 2 rings (SSSR count). The summed E-state index contributed by atoms with van der Waals surface area (Å²) in [5, 5.41) is 6.72. The van der Waals surface area contributed by atoms with Crippen LogP contribution in [0.15, 0.2) is 18.2 Å². The van der Waals surface area contributed by atoms with Crippen LogP contribution in [-0.2, 0) is 11.2 Å². The van der Waals surface area contributed by atoms with E-state index in [0.717, 1.165) is 25.2 Å². The van der Waals surface area contributed by atoms with Crippen molar-refractivity contribution in [2.45, 2.75) is 12.8 Å². The second kappa shape index (κ2) is 8.35. The Kier molecular flexibility index (Phi) is 7.13. The molecule has 1 aromatic carbocycles. The van der Waals surface area contributed by atoms with Gasteiger partial charge in [-0.1, -0.05) is 17.7 Å². The number of methoxy groups -OCH3 is 1. The van der Waals surface area contributed by atoms with Crippen molar-refractivity contribution in [1.29, 1.82) is 0 Å². The van der Waals surface area contributed by atoms with Crippen LogP contribution >= 0.6 is 24.0 Å². The van der Waals surface area contributed by atoms with E-state index in [0.29, 0.717) is 29.5 Å². The molecular formula is C14H20Cl2N2O2. The van der Waals surface area contributed by atoms with E-state index in [4.69, 9.17) is 16.3 Å². The summed E-state index contributed by atoms with van der Waals surface area (Å²) in [6.07, 6.45) is 1.18. The standard InChI is InChI=1S/C14H19ClN2O2.ClH/c1-19-13-4-2-10(6-12(13)15)3-5-14(18)17-9-11-7-16-8-11;/h2,4,6,11,16H,3,5,7-9H2,1H3,(H,17,18);1H. The first kappa shape index (κ1) is 17.1. The van der Waals surface area contributed by atoms with Gasteiger partial charge in [-0.2, -0.15) is 0 Å². The van der Waals surface area contributed by atoms with E-state index in [1.54, 1.807) is 7.11 Å². The van der Waals surface area contributed by atoms with E-state index >= 15 is 0 Å². The van der Waals surface area contributed by atoms with Crippen molar-refractivity contribution in [1.82, 2.24) is 10.6 Å². The molecule has 1 aliphatic heterocycles. The molecule has 1 heterocycles. The first-order valence-corrected chi connectivity index (χ1v) is 6.86. The van der Waals surface area contributed by atoms with Gasteiger partial charge in [0.25, 0.3) is 0 Å². The second-order valence-corrected chi connectivity index (χ2v) is 5.20. The van der Waals surface area contributed by atoms with Crippen LogP contribution in [0, 0.1) is 5.92 Å². The van der Waals surface area contributed by atoms with Gasteiger partial charge in [0.2, 0.25) is 5.91 Å². The van der Waals surface area contributed by atoms with Gasteiger partial charge in [-0.05, 0) is 24.1 Å². The van der Waals surface area contributed by atoms with Crippen molar-refractivity contribution in [2.24, 2.45) is 5.92 Å². The van der Waals surface area contributed by atoms with E-state index in [9.17, 15) is 4.79 Å². The minimum atomic E-state index is 0. The molecule has 1 saturated heterocycles. The Balaban J connectivity index is 0.00000200. The first-order valence-electron chi connectivity index (χ1n) is 6.49. The number of hydrogen-bond donors (Lipinski definition) is 2. The molecule has 0 spiro atoms. The van der Waals surface area contributed by atoms with E-state index < -0.39 is 0 Å². The lowest BCUT2D eigenvalue weighted by Gasteiger charge is -2.27. The van der Waals surface area contributed by atoms with Crippen LogP contribution in [0.4, 0.5) is 0 Å².